The lowest BCUT2D eigenvalue weighted by Gasteiger charge is -2.13. The normalized spacial score (nSPS) is 11.5. The van der Waals surface area contributed by atoms with Crippen LogP contribution < -0.4 is 0 Å². The lowest BCUT2D eigenvalue weighted by atomic mass is 10.0. The van der Waals surface area contributed by atoms with Crippen molar-refractivity contribution in [1.29, 1.82) is 0 Å². The number of hydrogen-bond donors (Lipinski definition) is 0. The van der Waals surface area contributed by atoms with Gasteiger partial charge >= 0.3 is 0 Å². The number of aryl methyl sites for hydroxylation is 2. The van der Waals surface area contributed by atoms with E-state index < -0.39 is 0 Å². The quantitative estimate of drug-likeness (QED) is 0.695. The molecule has 0 aliphatic carbocycles. The van der Waals surface area contributed by atoms with E-state index in [4.69, 9.17) is 6.57 Å². The fourth-order valence-electron chi connectivity index (χ4n) is 1.59. The maximum atomic E-state index is 7.08. The first-order valence-corrected chi connectivity index (χ1v) is 5.26. The Labute approximate surface area is 92.0 Å². The summed E-state index contributed by atoms with van der Waals surface area (Å²) >= 11 is 0. The number of rotatable bonds is 3. The second-order valence-corrected chi connectivity index (χ2v) is 4.66. The van der Waals surface area contributed by atoms with Crippen LogP contribution in [-0.2, 0) is 6.54 Å². The molecule has 82 valence electrons. The number of imidazole rings is 1. The van der Waals surface area contributed by atoms with E-state index in [0.717, 1.165) is 24.5 Å². The van der Waals surface area contributed by atoms with Crippen LogP contribution in [0.15, 0.2) is 0 Å². The third-order valence-electron chi connectivity index (χ3n) is 2.90. The summed E-state index contributed by atoms with van der Waals surface area (Å²) in [5, 5.41) is 0. The van der Waals surface area contributed by atoms with Gasteiger partial charge in [-0.1, -0.05) is 0 Å². The highest BCUT2D eigenvalue weighted by Crippen LogP contribution is 2.18. The molecule has 3 nitrogen and oxygen atoms in total. The van der Waals surface area contributed by atoms with Gasteiger partial charge in [0.25, 0.3) is 0 Å². The minimum Gasteiger partial charge on any atom is -0.332 e. The summed E-state index contributed by atoms with van der Waals surface area (Å²) in [5.74, 6) is 1.05. The fraction of sp³-hybridized carbons (Fsp3) is 0.667. The van der Waals surface area contributed by atoms with Crippen LogP contribution in [0.25, 0.3) is 4.85 Å². The van der Waals surface area contributed by atoms with Crippen LogP contribution in [-0.4, -0.2) is 15.1 Å². The van der Waals surface area contributed by atoms with Crippen molar-refractivity contribution in [1.82, 2.24) is 9.55 Å². The van der Waals surface area contributed by atoms with E-state index in [9.17, 15) is 0 Å². The highest BCUT2D eigenvalue weighted by atomic mass is 15.1. The van der Waals surface area contributed by atoms with Crippen LogP contribution in [0.1, 0.15) is 37.5 Å². The van der Waals surface area contributed by atoms with E-state index in [0.29, 0.717) is 0 Å². The second kappa shape index (κ2) is 4.06. The molecule has 1 aromatic rings. The molecule has 0 saturated heterocycles. The Morgan fingerprint density at radius 1 is 1.33 bits per heavy atom. The average Bonchev–Trinajstić information content (AvgIpc) is 2.39. The van der Waals surface area contributed by atoms with Crippen LogP contribution in [0.2, 0.25) is 0 Å². The van der Waals surface area contributed by atoms with Crippen molar-refractivity contribution < 1.29 is 0 Å². The topological polar surface area (TPSA) is 22.2 Å². The summed E-state index contributed by atoms with van der Waals surface area (Å²) in [6, 6.07) is 0. The zero-order chi connectivity index (χ0) is 11.6. The molecule has 3 heteroatoms. The number of hydrogen-bond acceptors (Lipinski definition) is 1. The van der Waals surface area contributed by atoms with Crippen molar-refractivity contribution in [2.45, 2.75) is 53.1 Å². The Kier molecular flexibility index (Phi) is 3.18. The standard InChI is InChI=1S/C12H19N3/c1-9-10(2)15(11(3)14-9)8-7-12(4,5)13-6/h7-8H2,1-5H3. The SMILES string of the molecule is [C-]#[N+]C(C)(C)CCn1c(C)nc(C)c1C. The molecule has 0 aliphatic rings. The van der Waals surface area contributed by atoms with Gasteiger partial charge in [-0.3, -0.25) is 0 Å². The van der Waals surface area contributed by atoms with Crippen LogP contribution in [0, 0.1) is 27.3 Å². The van der Waals surface area contributed by atoms with Crippen LogP contribution in [0.5, 0.6) is 0 Å². The molecule has 1 rings (SSSR count). The van der Waals surface area contributed by atoms with E-state index in [2.05, 4.69) is 21.3 Å². The van der Waals surface area contributed by atoms with Gasteiger partial charge in [0.05, 0.1) is 5.69 Å². The third kappa shape index (κ3) is 2.59. The molecule has 0 atom stereocenters. The molecule has 0 aromatic carbocycles. The molecular formula is C12H19N3. The Bertz CT molecular complexity index is 394. The predicted octanol–water partition coefficient (Wildman–Crippen LogP) is 2.90. The molecule has 15 heavy (non-hydrogen) atoms. The van der Waals surface area contributed by atoms with Gasteiger partial charge in [0, 0.05) is 32.5 Å². The van der Waals surface area contributed by atoms with Crippen LogP contribution in [0.4, 0.5) is 0 Å². The van der Waals surface area contributed by atoms with Gasteiger partial charge in [-0.15, -0.1) is 0 Å². The molecule has 1 heterocycles. The van der Waals surface area contributed by atoms with Crippen molar-refractivity contribution in [3.05, 3.63) is 28.6 Å². The molecule has 0 radical (unpaired) electrons. The summed E-state index contributed by atoms with van der Waals surface area (Å²) in [5.41, 5.74) is 2.04. The van der Waals surface area contributed by atoms with E-state index in [1.165, 1.54) is 5.69 Å². The molecule has 0 N–H and O–H groups in total. The minimum atomic E-state index is -0.267. The van der Waals surface area contributed by atoms with Gasteiger partial charge < -0.3 is 9.41 Å². The number of aromatic nitrogens is 2. The van der Waals surface area contributed by atoms with Gasteiger partial charge in [0.2, 0.25) is 5.54 Å². The first-order chi connectivity index (χ1) is 6.87. The zero-order valence-corrected chi connectivity index (χ0v) is 10.3. The van der Waals surface area contributed by atoms with Gasteiger partial charge in [-0.2, -0.15) is 0 Å². The van der Waals surface area contributed by atoms with Crippen molar-refractivity contribution in [3.63, 3.8) is 0 Å². The van der Waals surface area contributed by atoms with Gasteiger partial charge in [0.1, 0.15) is 5.82 Å². The van der Waals surface area contributed by atoms with Gasteiger partial charge in [-0.25, -0.2) is 11.6 Å². The molecule has 0 bridgehead atoms. The Hall–Kier alpha value is -1.30. The van der Waals surface area contributed by atoms with Gasteiger partial charge in [0.15, 0.2) is 0 Å². The van der Waals surface area contributed by atoms with E-state index in [-0.39, 0.29) is 5.54 Å². The molecule has 0 aliphatic heterocycles. The van der Waals surface area contributed by atoms with Crippen LogP contribution in [0.3, 0.4) is 0 Å². The lowest BCUT2D eigenvalue weighted by Crippen LogP contribution is -2.18. The monoisotopic (exact) mass is 205 g/mol. The smallest absolute Gasteiger partial charge is 0.228 e. The second-order valence-electron chi connectivity index (χ2n) is 4.66. The molecule has 0 fully saturated rings. The first kappa shape index (κ1) is 11.8. The first-order valence-electron chi connectivity index (χ1n) is 5.26. The van der Waals surface area contributed by atoms with Crippen molar-refractivity contribution in [2.75, 3.05) is 0 Å². The fourth-order valence-corrected chi connectivity index (χ4v) is 1.59. The lowest BCUT2D eigenvalue weighted by molar-refractivity contribution is 0.487. The molecule has 0 spiro atoms. The molecule has 0 saturated carbocycles. The van der Waals surface area contributed by atoms with Crippen molar-refractivity contribution in [3.8, 4) is 0 Å². The number of nitrogens with zero attached hydrogens (tertiary/aromatic N) is 3. The van der Waals surface area contributed by atoms with Crippen molar-refractivity contribution in [2.24, 2.45) is 0 Å². The summed E-state index contributed by atoms with van der Waals surface area (Å²) in [6.07, 6.45) is 0.869. The highest BCUT2D eigenvalue weighted by Gasteiger charge is 2.23. The largest absolute Gasteiger partial charge is 0.332 e. The highest BCUT2D eigenvalue weighted by molar-refractivity contribution is 5.13. The minimum absolute atomic E-state index is 0.267. The third-order valence-corrected chi connectivity index (χ3v) is 2.90. The van der Waals surface area contributed by atoms with E-state index >= 15 is 0 Å². The Balaban J connectivity index is 2.79. The molecule has 0 amide bonds. The summed E-state index contributed by atoms with van der Waals surface area (Å²) in [7, 11) is 0. The summed E-state index contributed by atoms with van der Waals surface area (Å²) in [4.78, 5) is 8.04. The maximum Gasteiger partial charge on any atom is 0.228 e. The Morgan fingerprint density at radius 2 is 1.93 bits per heavy atom. The average molecular weight is 205 g/mol. The molecule has 0 unspecified atom stereocenters. The van der Waals surface area contributed by atoms with Gasteiger partial charge in [-0.05, 0) is 20.8 Å². The molecular weight excluding hydrogens is 186 g/mol. The van der Waals surface area contributed by atoms with Crippen molar-refractivity contribution >= 4 is 0 Å². The predicted molar refractivity (Wildman–Crippen MR) is 61.7 cm³/mol. The zero-order valence-electron chi connectivity index (χ0n) is 10.3. The maximum absolute atomic E-state index is 7.08. The summed E-state index contributed by atoms with van der Waals surface area (Å²) in [6.45, 7) is 18.1. The van der Waals surface area contributed by atoms with Crippen LogP contribution >= 0.6 is 0 Å². The van der Waals surface area contributed by atoms with E-state index in [1.54, 1.807) is 0 Å². The Morgan fingerprint density at radius 3 is 2.33 bits per heavy atom. The molecule has 1 aromatic heterocycles. The van der Waals surface area contributed by atoms with E-state index in [1.807, 2.05) is 27.7 Å². The summed E-state index contributed by atoms with van der Waals surface area (Å²) < 4.78 is 2.20.